The van der Waals surface area contributed by atoms with E-state index in [0.717, 1.165) is 11.1 Å². The van der Waals surface area contributed by atoms with Crippen LogP contribution in [0.2, 0.25) is 0 Å². The molecule has 1 amide bonds. The fourth-order valence-corrected chi connectivity index (χ4v) is 3.60. The summed E-state index contributed by atoms with van der Waals surface area (Å²) in [5.74, 6) is 1.08. The summed E-state index contributed by atoms with van der Waals surface area (Å²) in [7, 11) is 4.60. The summed E-state index contributed by atoms with van der Waals surface area (Å²) in [4.78, 5) is 13.4. The Morgan fingerprint density at radius 1 is 0.879 bits per heavy atom. The van der Waals surface area contributed by atoms with Gasteiger partial charge < -0.3 is 19.5 Å². The fraction of sp³-hybridized carbons (Fsp3) is 0.154. The third kappa shape index (κ3) is 4.82. The minimum atomic E-state index is -0.289. The van der Waals surface area contributed by atoms with Gasteiger partial charge in [0.2, 0.25) is 5.75 Å². The van der Waals surface area contributed by atoms with Crippen molar-refractivity contribution < 1.29 is 19.0 Å². The van der Waals surface area contributed by atoms with Crippen molar-refractivity contribution in [2.24, 2.45) is 0 Å². The molecule has 1 aromatic heterocycles. The first kappa shape index (κ1) is 22.0. The largest absolute Gasteiger partial charge is 0.493 e. The minimum absolute atomic E-state index is 0.289. The molecule has 33 heavy (non-hydrogen) atoms. The van der Waals surface area contributed by atoms with Gasteiger partial charge in [-0.1, -0.05) is 60.7 Å². The first-order valence-electron chi connectivity index (χ1n) is 10.4. The molecule has 0 aliphatic heterocycles. The van der Waals surface area contributed by atoms with Crippen LogP contribution in [0.1, 0.15) is 15.9 Å². The third-order valence-corrected chi connectivity index (χ3v) is 5.16. The van der Waals surface area contributed by atoms with Gasteiger partial charge >= 0.3 is 0 Å². The second-order valence-corrected chi connectivity index (χ2v) is 7.31. The van der Waals surface area contributed by atoms with Crippen LogP contribution >= 0.6 is 0 Å². The molecule has 7 heteroatoms. The fourth-order valence-electron chi connectivity index (χ4n) is 3.60. The number of benzene rings is 3. The first-order valence-corrected chi connectivity index (χ1v) is 10.4. The molecule has 0 aliphatic carbocycles. The number of nitrogens with zero attached hydrogens (tertiary/aromatic N) is 2. The third-order valence-electron chi connectivity index (χ3n) is 5.16. The highest BCUT2D eigenvalue weighted by Crippen LogP contribution is 2.40. The van der Waals surface area contributed by atoms with Gasteiger partial charge in [0.05, 0.1) is 33.4 Å². The van der Waals surface area contributed by atoms with E-state index in [9.17, 15) is 4.79 Å². The summed E-state index contributed by atoms with van der Waals surface area (Å²) in [6, 6.07) is 23.0. The van der Waals surface area contributed by atoms with E-state index in [-0.39, 0.29) is 5.91 Å². The van der Waals surface area contributed by atoms with Gasteiger partial charge in [0.25, 0.3) is 5.91 Å². The predicted molar refractivity (Wildman–Crippen MR) is 127 cm³/mol. The Balaban J connectivity index is 1.69. The number of carbonyl (C=O) groups excluding carboxylic acids is 1. The van der Waals surface area contributed by atoms with Crippen molar-refractivity contribution in [3.63, 3.8) is 0 Å². The van der Waals surface area contributed by atoms with Crippen molar-refractivity contribution in [2.45, 2.75) is 6.54 Å². The molecule has 0 unspecified atom stereocenters. The molecule has 0 fully saturated rings. The van der Waals surface area contributed by atoms with E-state index in [0.29, 0.717) is 40.7 Å². The Morgan fingerprint density at radius 2 is 1.48 bits per heavy atom. The van der Waals surface area contributed by atoms with Crippen molar-refractivity contribution >= 4 is 11.6 Å². The van der Waals surface area contributed by atoms with Crippen molar-refractivity contribution in [2.75, 3.05) is 26.6 Å². The summed E-state index contributed by atoms with van der Waals surface area (Å²) in [5, 5.41) is 7.66. The van der Waals surface area contributed by atoms with Gasteiger partial charge in [-0.15, -0.1) is 0 Å². The Kier molecular flexibility index (Phi) is 6.59. The number of amides is 1. The predicted octanol–water partition coefficient (Wildman–Crippen LogP) is 4.88. The van der Waals surface area contributed by atoms with Gasteiger partial charge in [-0.3, -0.25) is 9.48 Å². The van der Waals surface area contributed by atoms with Crippen LogP contribution in [0.3, 0.4) is 0 Å². The van der Waals surface area contributed by atoms with Crippen molar-refractivity contribution in [3.8, 4) is 28.5 Å². The molecule has 4 rings (SSSR count). The molecule has 0 saturated carbocycles. The summed E-state index contributed by atoms with van der Waals surface area (Å²) in [5.41, 5.74) is 3.54. The molecule has 0 aliphatic rings. The summed E-state index contributed by atoms with van der Waals surface area (Å²) >= 11 is 0. The zero-order valence-electron chi connectivity index (χ0n) is 18.7. The van der Waals surface area contributed by atoms with Crippen molar-refractivity contribution in [1.82, 2.24) is 9.78 Å². The minimum Gasteiger partial charge on any atom is -0.493 e. The molecule has 1 N–H and O–H groups in total. The van der Waals surface area contributed by atoms with Gasteiger partial charge in [-0.25, -0.2) is 0 Å². The number of anilines is 1. The Morgan fingerprint density at radius 3 is 2.06 bits per heavy atom. The Bertz CT molecular complexity index is 1210. The van der Waals surface area contributed by atoms with Crippen LogP contribution < -0.4 is 19.5 Å². The maximum atomic E-state index is 13.4. The number of methoxy groups -OCH3 is 3. The van der Waals surface area contributed by atoms with Gasteiger partial charge in [0.15, 0.2) is 11.5 Å². The van der Waals surface area contributed by atoms with E-state index in [1.54, 1.807) is 23.0 Å². The molecule has 4 aromatic rings. The first-order chi connectivity index (χ1) is 16.1. The normalized spacial score (nSPS) is 10.5. The van der Waals surface area contributed by atoms with Gasteiger partial charge in [0.1, 0.15) is 5.69 Å². The number of aromatic nitrogens is 2. The highest BCUT2D eigenvalue weighted by atomic mass is 16.5. The van der Waals surface area contributed by atoms with Crippen LogP contribution in [0.4, 0.5) is 5.69 Å². The lowest BCUT2D eigenvalue weighted by atomic mass is 10.1. The summed E-state index contributed by atoms with van der Waals surface area (Å²) in [6.07, 6.45) is 1.77. The van der Waals surface area contributed by atoms with Gasteiger partial charge in [-0.05, 0) is 5.56 Å². The average molecular weight is 444 g/mol. The number of hydrogen-bond acceptors (Lipinski definition) is 5. The summed E-state index contributed by atoms with van der Waals surface area (Å²) in [6.45, 7) is 0.554. The van der Waals surface area contributed by atoms with Crippen LogP contribution in [0, 0.1) is 0 Å². The van der Waals surface area contributed by atoms with Crippen LogP contribution in [0.15, 0.2) is 79.0 Å². The van der Waals surface area contributed by atoms with Crippen molar-refractivity contribution in [3.05, 3.63) is 90.1 Å². The second kappa shape index (κ2) is 9.91. The average Bonchev–Trinajstić information content (AvgIpc) is 3.28. The molecule has 7 nitrogen and oxygen atoms in total. The standard InChI is InChI=1S/C26H25N3O4/c1-31-22-14-20(15-23(32-2)25(22)33-3)27-26(30)21-17-29(16-18-10-6-4-7-11-18)28-24(21)19-12-8-5-9-13-19/h4-15,17H,16H2,1-3H3,(H,27,30). The zero-order valence-corrected chi connectivity index (χ0v) is 18.7. The maximum Gasteiger partial charge on any atom is 0.259 e. The molecular weight excluding hydrogens is 418 g/mol. The quantitative estimate of drug-likeness (QED) is 0.420. The number of nitrogens with one attached hydrogen (secondary N) is 1. The van der Waals surface area contributed by atoms with Gasteiger partial charge in [-0.2, -0.15) is 5.10 Å². The molecule has 0 bridgehead atoms. The van der Waals surface area contributed by atoms with E-state index < -0.39 is 0 Å². The molecule has 0 atom stereocenters. The van der Waals surface area contributed by atoms with Crippen LogP contribution in [-0.4, -0.2) is 37.0 Å². The molecule has 3 aromatic carbocycles. The summed E-state index contributed by atoms with van der Waals surface area (Å²) < 4.78 is 17.9. The molecule has 1 heterocycles. The van der Waals surface area contributed by atoms with E-state index in [4.69, 9.17) is 19.3 Å². The van der Waals surface area contributed by atoms with Gasteiger partial charge in [0, 0.05) is 29.6 Å². The lowest BCUT2D eigenvalue weighted by molar-refractivity contribution is 0.102. The SMILES string of the molecule is COc1cc(NC(=O)c2cn(Cc3ccccc3)nc2-c2ccccc2)cc(OC)c1OC. The zero-order chi connectivity index (χ0) is 23.2. The highest BCUT2D eigenvalue weighted by Gasteiger charge is 2.20. The Labute approximate surface area is 192 Å². The monoisotopic (exact) mass is 443 g/mol. The number of hydrogen-bond donors (Lipinski definition) is 1. The van der Waals surface area contributed by atoms with E-state index in [1.165, 1.54) is 21.3 Å². The van der Waals surface area contributed by atoms with E-state index >= 15 is 0 Å². The van der Waals surface area contributed by atoms with E-state index in [2.05, 4.69) is 5.32 Å². The van der Waals surface area contributed by atoms with Crippen LogP contribution in [-0.2, 0) is 6.54 Å². The highest BCUT2D eigenvalue weighted by molar-refractivity contribution is 6.08. The smallest absolute Gasteiger partial charge is 0.259 e. The van der Waals surface area contributed by atoms with Crippen LogP contribution in [0.5, 0.6) is 17.2 Å². The lowest BCUT2D eigenvalue weighted by Crippen LogP contribution is -2.13. The number of carbonyl (C=O) groups is 1. The maximum absolute atomic E-state index is 13.4. The van der Waals surface area contributed by atoms with Crippen LogP contribution in [0.25, 0.3) is 11.3 Å². The number of ether oxygens (including phenoxy) is 3. The Hall–Kier alpha value is -4.26. The molecule has 0 radical (unpaired) electrons. The number of rotatable bonds is 8. The molecule has 0 spiro atoms. The molecule has 168 valence electrons. The molecule has 0 saturated heterocycles. The lowest BCUT2D eigenvalue weighted by Gasteiger charge is -2.14. The topological polar surface area (TPSA) is 74.6 Å². The van der Waals surface area contributed by atoms with E-state index in [1.807, 2.05) is 60.7 Å². The van der Waals surface area contributed by atoms with Crippen molar-refractivity contribution in [1.29, 1.82) is 0 Å². The second-order valence-electron chi connectivity index (χ2n) is 7.31. The molecular formula is C26H25N3O4.